The van der Waals surface area contributed by atoms with Crippen LogP contribution in [-0.2, 0) is 5.41 Å². The Kier molecular flexibility index (Phi) is 4.77. The quantitative estimate of drug-likeness (QED) is 0.911. The highest BCUT2D eigenvalue weighted by molar-refractivity contribution is 5.94. The summed E-state index contributed by atoms with van der Waals surface area (Å²) in [6.07, 6.45) is 4.06. The molecule has 1 aliphatic rings. The molecule has 0 unspecified atom stereocenters. The summed E-state index contributed by atoms with van der Waals surface area (Å²) in [4.78, 5) is 12.4. The highest BCUT2D eigenvalue weighted by Crippen LogP contribution is 2.38. The smallest absolute Gasteiger partial charge is 0.251 e. The van der Waals surface area contributed by atoms with Crippen molar-refractivity contribution in [2.75, 3.05) is 6.54 Å². The van der Waals surface area contributed by atoms with E-state index in [0.717, 1.165) is 25.7 Å². The molecule has 0 atom stereocenters. The minimum atomic E-state index is -0.00391. The van der Waals surface area contributed by atoms with Crippen LogP contribution < -0.4 is 11.1 Å². The topological polar surface area (TPSA) is 55.1 Å². The van der Waals surface area contributed by atoms with Gasteiger partial charge in [-0.05, 0) is 43.4 Å². The van der Waals surface area contributed by atoms with Crippen LogP contribution >= 0.6 is 0 Å². The number of amides is 1. The molecule has 1 saturated carbocycles. The first-order valence-corrected chi connectivity index (χ1v) is 8.34. The van der Waals surface area contributed by atoms with Gasteiger partial charge in [0.2, 0.25) is 0 Å². The molecule has 2 aromatic carbocycles. The Morgan fingerprint density at radius 3 is 2.17 bits per heavy atom. The molecule has 0 spiro atoms. The van der Waals surface area contributed by atoms with Gasteiger partial charge in [-0.25, -0.2) is 0 Å². The Morgan fingerprint density at radius 2 is 1.57 bits per heavy atom. The van der Waals surface area contributed by atoms with E-state index in [9.17, 15) is 4.79 Å². The number of benzene rings is 2. The molecule has 3 N–H and O–H groups in total. The largest absolute Gasteiger partial charge is 0.351 e. The van der Waals surface area contributed by atoms with Gasteiger partial charge < -0.3 is 11.1 Å². The van der Waals surface area contributed by atoms with Gasteiger partial charge in [-0.15, -0.1) is 0 Å². The van der Waals surface area contributed by atoms with Gasteiger partial charge in [0.25, 0.3) is 5.91 Å². The first-order chi connectivity index (χ1) is 11.2. The van der Waals surface area contributed by atoms with Crippen LogP contribution in [0.2, 0.25) is 0 Å². The van der Waals surface area contributed by atoms with Crippen molar-refractivity contribution in [3.05, 3.63) is 71.8 Å². The Labute approximate surface area is 137 Å². The predicted octanol–water partition coefficient (Wildman–Crippen LogP) is 3.26. The number of nitrogens with one attached hydrogen (secondary N) is 1. The van der Waals surface area contributed by atoms with Crippen LogP contribution in [-0.4, -0.2) is 18.5 Å². The minimum Gasteiger partial charge on any atom is -0.351 e. The number of carbonyl (C=O) groups excluding carboxylic acids is 1. The molecule has 1 aliphatic carbocycles. The third kappa shape index (κ3) is 3.62. The maximum absolute atomic E-state index is 12.4. The molecule has 23 heavy (non-hydrogen) atoms. The Hall–Kier alpha value is -2.13. The third-order valence-corrected chi connectivity index (χ3v) is 5.00. The second-order valence-electron chi connectivity index (χ2n) is 6.53. The van der Waals surface area contributed by atoms with E-state index in [1.54, 1.807) is 0 Å². The fourth-order valence-electron chi connectivity index (χ4n) is 3.49. The van der Waals surface area contributed by atoms with Crippen LogP contribution in [0.4, 0.5) is 0 Å². The maximum atomic E-state index is 12.4. The normalized spacial score (nSPS) is 24.1. The summed E-state index contributed by atoms with van der Waals surface area (Å²) in [6, 6.07) is 20.2. The van der Waals surface area contributed by atoms with E-state index in [1.807, 2.05) is 36.4 Å². The van der Waals surface area contributed by atoms with Crippen LogP contribution in [0, 0.1) is 0 Å². The molecule has 0 aliphatic heterocycles. The molecule has 0 saturated heterocycles. The number of hydrogen-bond acceptors (Lipinski definition) is 2. The zero-order chi connectivity index (χ0) is 16.1. The van der Waals surface area contributed by atoms with Gasteiger partial charge in [0.05, 0.1) is 0 Å². The average Bonchev–Trinajstić information content (AvgIpc) is 2.63. The van der Waals surface area contributed by atoms with Crippen molar-refractivity contribution in [1.29, 1.82) is 0 Å². The summed E-state index contributed by atoms with van der Waals surface area (Å²) in [6.45, 7) is 0.664. The van der Waals surface area contributed by atoms with Crippen molar-refractivity contribution in [3.8, 4) is 0 Å². The molecule has 3 heteroatoms. The summed E-state index contributed by atoms with van der Waals surface area (Å²) in [5.74, 6) is -0.00391. The number of hydrogen-bond donors (Lipinski definition) is 2. The van der Waals surface area contributed by atoms with Gasteiger partial charge in [0.15, 0.2) is 0 Å². The van der Waals surface area contributed by atoms with Crippen molar-refractivity contribution in [2.45, 2.75) is 37.1 Å². The van der Waals surface area contributed by atoms with E-state index in [0.29, 0.717) is 12.1 Å². The molecule has 120 valence electrons. The van der Waals surface area contributed by atoms with Crippen molar-refractivity contribution in [3.63, 3.8) is 0 Å². The monoisotopic (exact) mass is 308 g/mol. The van der Waals surface area contributed by atoms with Gasteiger partial charge in [-0.2, -0.15) is 0 Å². The van der Waals surface area contributed by atoms with Crippen LogP contribution in [0.5, 0.6) is 0 Å². The van der Waals surface area contributed by atoms with E-state index in [-0.39, 0.29) is 17.4 Å². The van der Waals surface area contributed by atoms with Crippen molar-refractivity contribution >= 4 is 5.91 Å². The fraction of sp³-hybridized carbons (Fsp3) is 0.350. The lowest BCUT2D eigenvalue weighted by atomic mass is 9.68. The molecular weight excluding hydrogens is 284 g/mol. The highest BCUT2D eigenvalue weighted by atomic mass is 16.1. The van der Waals surface area contributed by atoms with E-state index in [1.165, 1.54) is 5.56 Å². The molecule has 1 fully saturated rings. The van der Waals surface area contributed by atoms with Crippen LogP contribution in [0.25, 0.3) is 0 Å². The Balaban J connectivity index is 1.76. The van der Waals surface area contributed by atoms with Crippen molar-refractivity contribution < 1.29 is 4.79 Å². The average molecular weight is 308 g/mol. The molecule has 3 rings (SSSR count). The van der Waals surface area contributed by atoms with Gasteiger partial charge >= 0.3 is 0 Å². The molecule has 0 heterocycles. The van der Waals surface area contributed by atoms with E-state index in [2.05, 4.69) is 29.6 Å². The highest BCUT2D eigenvalue weighted by Gasteiger charge is 2.36. The van der Waals surface area contributed by atoms with Crippen LogP contribution in [0.1, 0.15) is 41.6 Å². The third-order valence-electron chi connectivity index (χ3n) is 5.00. The molecule has 1 amide bonds. The second kappa shape index (κ2) is 6.97. The summed E-state index contributed by atoms with van der Waals surface area (Å²) < 4.78 is 0. The summed E-state index contributed by atoms with van der Waals surface area (Å²) in [5, 5.41) is 3.14. The first kappa shape index (κ1) is 15.8. The summed E-state index contributed by atoms with van der Waals surface area (Å²) in [7, 11) is 0. The lowest BCUT2D eigenvalue weighted by molar-refractivity contribution is 0.0935. The zero-order valence-electron chi connectivity index (χ0n) is 13.4. The van der Waals surface area contributed by atoms with Gasteiger partial charge in [-0.1, -0.05) is 48.5 Å². The summed E-state index contributed by atoms with van der Waals surface area (Å²) >= 11 is 0. The number of carbonyl (C=O) groups is 1. The molecular formula is C20H24N2O. The molecule has 2 aromatic rings. The van der Waals surface area contributed by atoms with Crippen LogP contribution in [0.3, 0.4) is 0 Å². The standard InChI is InChI=1S/C20H24N2O/c21-18-11-13-20(14-12-18,17-9-5-2-6-10-17)15-22-19(23)16-7-3-1-4-8-16/h1-10,18H,11-15,21H2,(H,22,23). The van der Waals surface area contributed by atoms with Gasteiger partial charge in [-0.3, -0.25) is 4.79 Å². The zero-order valence-corrected chi connectivity index (χ0v) is 13.4. The molecule has 3 nitrogen and oxygen atoms in total. The molecule has 0 bridgehead atoms. The SMILES string of the molecule is NC1CCC(CNC(=O)c2ccccc2)(c2ccccc2)CC1. The Bertz CT molecular complexity index is 631. The minimum absolute atomic E-state index is 0.00156. The second-order valence-corrected chi connectivity index (χ2v) is 6.53. The van der Waals surface area contributed by atoms with E-state index >= 15 is 0 Å². The van der Waals surface area contributed by atoms with Crippen molar-refractivity contribution in [2.24, 2.45) is 5.73 Å². The Morgan fingerprint density at radius 1 is 1.00 bits per heavy atom. The molecule has 0 radical (unpaired) electrons. The van der Waals surface area contributed by atoms with Gasteiger partial charge in [0, 0.05) is 23.6 Å². The maximum Gasteiger partial charge on any atom is 0.251 e. The number of nitrogens with two attached hydrogens (primary N) is 1. The lowest BCUT2D eigenvalue weighted by Gasteiger charge is -2.40. The van der Waals surface area contributed by atoms with E-state index in [4.69, 9.17) is 5.73 Å². The molecule has 0 aromatic heterocycles. The predicted molar refractivity (Wildman–Crippen MR) is 93.3 cm³/mol. The summed E-state index contributed by atoms with van der Waals surface area (Å²) in [5.41, 5.74) is 8.11. The fourth-order valence-corrected chi connectivity index (χ4v) is 3.49. The number of rotatable bonds is 4. The van der Waals surface area contributed by atoms with Crippen LogP contribution in [0.15, 0.2) is 60.7 Å². The van der Waals surface area contributed by atoms with Gasteiger partial charge in [0.1, 0.15) is 0 Å². The van der Waals surface area contributed by atoms with Crippen molar-refractivity contribution in [1.82, 2.24) is 5.32 Å². The lowest BCUT2D eigenvalue weighted by Crippen LogP contribution is -2.45. The van der Waals surface area contributed by atoms with E-state index < -0.39 is 0 Å². The first-order valence-electron chi connectivity index (χ1n) is 8.34.